The summed E-state index contributed by atoms with van der Waals surface area (Å²) < 4.78 is 0. The maximum atomic E-state index is 4.05. The first-order valence-corrected chi connectivity index (χ1v) is 9.65. The Morgan fingerprint density at radius 1 is 0.750 bits per heavy atom. The van der Waals surface area contributed by atoms with Gasteiger partial charge in [-0.15, -0.1) is 0 Å². The van der Waals surface area contributed by atoms with Gasteiger partial charge in [0, 0.05) is 0 Å². The van der Waals surface area contributed by atoms with E-state index in [4.69, 9.17) is 0 Å². The molecule has 16 heavy (non-hydrogen) atoms. The minimum Gasteiger partial charge on any atom is -0.0620 e. The van der Waals surface area contributed by atoms with E-state index in [9.17, 15) is 0 Å². The van der Waals surface area contributed by atoms with Crippen LogP contribution in [0.15, 0.2) is 54.6 Å². The number of halogens is 1. The molecular formula is C14H13BrP+. The van der Waals surface area contributed by atoms with Gasteiger partial charge in [0.05, 0.1) is 12.3 Å². The fourth-order valence-corrected chi connectivity index (χ4v) is 7.55. The van der Waals surface area contributed by atoms with Crippen molar-refractivity contribution in [2.75, 3.05) is 0 Å². The molecular weight excluding hydrogens is 279 g/mol. The highest BCUT2D eigenvalue weighted by molar-refractivity contribution is 9.42. The van der Waals surface area contributed by atoms with Crippen molar-refractivity contribution in [1.29, 1.82) is 0 Å². The van der Waals surface area contributed by atoms with Crippen LogP contribution in [0.3, 0.4) is 0 Å². The standard InChI is InChI=1S/C14H13BrP/c15-16(14-8-2-1-3-9-14)10-12-6-4-5-7-13(12)11-16/h1-9H,10-11H2/q+1. The molecule has 0 aromatic heterocycles. The Morgan fingerprint density at radius 3 is 1.81 bits per heavy atom. The van der Waals surface area contributed by atoms with E-state index in [1.54, 1.807) is 0 Å². The lowest BCUT2D eigenvalue weighted by Crippen LogP contribution is -2.04. The third-order valence-corrected chi connectivity index (χ3v) is 8.82. The van der Waals surface area contributed by atoms with Crippen LogP contribution in [0.1, 0.15) is 11.1 Å². The van der Waals surface area contributed by atoms with Crippen LogP contribution in [-0.2, 0) is 12.3 Å². The van der Waals surface area contributed by atoms with E-state index in [-0.39, 0.29) is 0 Å². The predicted molar refractivity (Wildman–Crippen MR) is 75.8 cm³/mol. The molecule has 0 aliphatic carbocycles. The first-order chi connectivity index (χ1) is 7.78. The van der Waals surface area contributed by atoms with Crippen molar-refractivity contribution in [1.82, 2.24) is 0 Å². The second-order valence-corrected chi connectivity index (χ2v) is 11.2. The minimum absolute atomic E-state index is 1.14. The lowest BCUT2D eigenvalue weighted by Gasteiger charge is -2.12. The summed E-state index contributed by atoms with van der Waals surface area (Å²) in [5.41, 5.74) is 3.05. The van der Waals surface area contributed by atoms with Gasteiger partial charge in [0.1, 0.15) is 26.8 Å². The van der Waals surface area contributed by atoms with Crippen molar-refractivity contribution in [2.45, 2.75) is 12.3 Å². The Morgan fingerprint density at radius 2 is 1.25 bits per heavy atom. The number of fused-ring (bicyclic) bond motifs is 1. The molecule has 1 aliphatic rings. The van der Waals surface area contributed by atoms with Gasteiger partial charge in [-0.25, -0.2) is 0 Å². The lowest BCUT2D eigenvalue weighted by atomic mass is 10.1. The molecule has 0 unspecified atom stereocenters. The Bertz CT molecular complexity index is 482. The second kappa shape index (κ2) is 3.98. The van der Waals surface area contributed by atoms with E-state index in [1.807, 2.05) is 0 Å². The number of hydrogen-bond donors (Lipinski definition) is 0. The monoisotopic (exact) mass is 291 g/mol. The highest BCUT2D eigenvalue weighted by atomic mass is 79.9. The largest absolute Gasteiger partial charge is 0.145 e. The van der Waals surface area contributed by atoms with Crippen molar-refractivity contribution in [3.05, 3.63) is 65.7 Å². The quantitative estimate of drug-likeness (QED) is 0.685. The molecule has 2 heteroatoms. The van der Waals surface area contributed by atoms with Crippen LogP contribution in [0.4, 0.5) is 0 Å². The van der Waals surface area contributed by atoms with Gasteiger partial charge in [-0.2, -0.15) is 0 Å². The van der Waals surface area contributed by atoms with Gasteiger partial charge >= 0.3 is 0 Å². The molecule has 0 nitrogen and oxygen atoms in total. The molecule has 0 radical (unpaired) electrons. The van der Waals surface area contributed by atoms with Gasteiger partial charge in [-0.1, -0.05) is 42.5 Å². The molecule has 1 heterocycles. The SMILES string of the molecule is Br[P+]1(c2ccccc2)Cc2ccccc2C1. The molecule has 0 saturated heterocycles. The molecule has 2 aromatic carbocycles. The van der Waals surface area contributed by atoms with Crippen molar-refractivity contribution >= 4 is 26.8 Å². The third kappa shape index (κ3) is 1.73. The van der Waals surface area contributed by atoms with Crippen LogP contribution in [0.5, 0.6) is 0 Å². The molecule has 0 bridgehead atoms. The Balaban J connectivity index is 2.01. The van der Waals surface area contributed by atoms with Crippen LogP contribution >= 0.6 is 21.5 Å². The molecule has 0 atom stereocenters. The maximum absolute atomic E-state index is 4.05. The molecule has 2 aromatic rings. The second-order valence-electron chi connectivity index (χ2n) is 4.28. The van der Waals surface area contributed by atoms with Crippen molar-refractivity contribution in [3.8, 4) is 0 Å². The molecule has 0 saturated carbocycles. The molecule has 80 valence electrons. The van der Waals surface area contributed by atoms with Gasteiger partial charge in [0.2, 0.25) is 0 Å². The molecule has 0 fully saturated rings. The zero-order chi connectivity index (χ0) is 11.0. The van der Waals surface area contributed by atoms with Gasteiger partial charge < -0.3 is 0 Å². The van der Waals surface area contributed by atoms with E-state index < -0.39 is 5.96 Å². The number of benzene rings is 2. The zero-order valence-electron chi connectivity index (χ0n) is 8.94. The average molecular weight is 292 g/mol. The third-order valence-electron chi connectivity index (χ3n) is 3.18. The van der Waals surface area contributed by atoms with E-state index in [0.717, 1.165) is 0 Å². The predicted octanol–water partition coefficient (Wildman–Crippen LogP) is 4.35. The summed E-state index contributed by atoms with van der Waals surface area (Å²) in [6, 6.07) is 19.7. The first-order valence-electron chi connectivity index (χ1n) is 5.47. The van der Waals surface area contributed by atoms with E-state index >= 15 is 0 Å². The van der Waals surface area contributed by atoms with Gasteiger partial charge in [-0.3, -0.25) is 0 Å². The molecule has 0 spiro atoms. The Kier molecular flexibility index (Phi) is 2.61. The van der Waals surface area contributed by atoms with Gasteiger partial charge in [0.25, 0.3) is 0 Å². The summed E-state index contributed by atoms with van der Waals surface area (Å²) >= 11 is 4.05. The summed E-state index contributed by atoms with van der Waals surface area (Å²) in [5, 5.41) is 1.49. The number of hydrogen-bond acceptors (Lipinski definition) is 0. The van der Waals surface area contributed by atoms with E-state index in [0.29, 0.717) is 0 Å². The van der Waals surface area contributed by atoms with Crippen LogP contribution in [0.25, 0.3) is 0 Å². The maximum Gasteiger partial charge on any atom is 0.145 e. The van der Waals surface area contributed by atoms with Crippen LogP contribution < -0.4 is 5.30 Å². The van der Waals surface area contributed by atoms with Gasteiger partial charge in [-0.05, 0) is 23.3 Å². The molecule has 0 N–H and O–H groups in total. The molecule has 3 rings (SSSR count). The normalized spacial score (nSPS) is 17.1. The van der Waals surface area contributed by atoms with Crippen molar-refractivity contribution in [2.24, 2.45) is 0 Å². The van der Waals surface area contributed by atoms with Gasteiger partial charge in [0.15, 0.2) is 0 Å². The highest BCUT2D eigenvalue weighted by Crippen LogP contribution is 2.73. The Labute approximate surface area is 105 Å². The Hall–Kier alpha value is -0.650. The van der Waals surface area contributed by atoms with Crippen LogP contribution in [0.2, 0.25) is 0 Å². The zero-order valence-corrected chi connectivity index (χ0v) is 11.4. The lowest BCUT2D eigenvalue weighted by molar-refractivity contribution is 1.35. The fourth-order valence-electron chi connectivity index (χ4n) is 2.34. The smallest absolute Gasteiger partial charge is 0.0620 e. The fraction of sp³-hybridized carbons (Fsp3) is 0.143. The van der Waals surface area contributed by atoms with Crippen LogP contribution in [-0.4, -0.2) is 0 Å². The van der Waals surface area contributed by atoms with Crippen LogP contribution in [0, 0.1) is 0 Å². The van der Waals surface area contributed by atoms with Crippen molar-refractivity contribution in [3.63, 3.8) is 0 Å². The number of rotatable bonds is 1. The van der Waals surface area contributed by atoms with Crippen molar-refractivity contribution < 1.29 is 0 Å². The minimum atomic E-state index is -1.14. The van der Waals surface area contributed by atoms with E-state index in [2.05, 4.69) is 70.1 Å². The summed E-state index contributed by atoms with van der Waals surface area (Å²) in [6.07, 6.45) is 2.40. The summed E-state index contributed by atoms with van der Waals surface area (Å²) in [4.78, 5) is 0. The van der Waals surface area contributed by atoms with E-state index in [1.165, 1.54) is 28.8 Å². The summed E-state index contributed by atoms with van der Waals surface area (Å²) in [7, 11) is 0. The summed E-state index contributed by atoms with van der Waals surface area (Å²) in [6.45, 7) is 0. The molecule has 1 aliphatic heterocycles. The average Bonchev–Trinajstić information content (AvgIpc) is 2.68. The topological polar surface area (TPSA) is 0 Å². The summed E-state index contributed by atoms with van der Waals surface area (Å²) in [5.74, 6) is -1.14. The first kappa shape index (κ1) is 10.5. The highest BCUT2D eigenvalue weighted by Gasteiger charge is 2.44. The molecule has 0 amide bonds.